The highest BCUT2D eigenvalue weighted by atomic mass is 15.2. The Morgan fingerprint density at radius 3 is 2.71 bits per heavy atom. The zero-order chi connectivity index (χ0) is 16.5. The van der Waals surface area contributed by atoms with Crippen molar-refractivity contribution in [2.75, 3.05) is 39.0 Å². The van der Waals surface area contributed by atoms with Crippen LogP contribution in [-0.2, 0) is 6.54 Å². The number of fused-ring (bicyclic) bond motifs is 1. The van der Waals surface area contributed by atoms with Crippen LogP contribution < -0.4 is 5.73 Å². The van der Waals surface area contributed by atoms with Crippen molar-refractivity contribution in [3.63, 3.8) is 0 Å². The predicted octanol–water partition coefficient (Wildman–Crippen LogP) is 2.56. The second kappa shape index (κ2) is 6.26. The normalized spacial score (nSPS) is 16.7. The van der Waals surface area contributed by atoms with Crippen LogP contribution in [0.1, 0.15) is 5.56 Å². The number of rotatable bonds is 3. The average molecular weight is 321 g/mol. The largest absolute Gasteiger partial charge is 0.399 e. The summed E-state index contributed by atoms with van der Waals surface area (Å²) >= 11 is 0. The molecule has 2 heterocycles. The molecule has 0 amide bonds. The molecule has 0 bridgehead atoms. The summed E-state index contributed by atoms with van der Waals surface area (Å²) in [6.07, 6.45) is 0. The molecule has 2 aromatic carbocycles. The maximum Gasteiger partial charge on any atom is 0.100 e. The lowest BCUT2D eigenvalue weighted by molar-refractivity contribution is 0.148. The van der Waals surface area contributed by atoms with Crippen LogP contribution in [-0.4, -0.2) is 53.2 Å². The minimum atomic E-state index is 0.753. The summed E-state index contributed by atoms with van der Waals surface area (Å²) in [5.41, 5.74) is 11.2. The SMILES string of the molecule is CN1CCN(Cc2ccccc2-c2n[nH]c3cc(N)ccc23)CC1. The number of hydrogen-bond donors (Lipinski definition) is 2. The number of aromatic amines is 1. The van der Waals surface area contributed by atoms with E-state index in [0.29, 0.717) is 0 Å². The molecule has 1 fully saturated rings. The first-order valence-electron chi connectivity index (χ1n) is 8.43. The molecule has 124 valence electrons. The maximum absolute atomic E-state index is 5.88. The van der Waals surface area contributed by atoms with Gasteiger partial charge in [0, 0.05) is 49.4 Å². The molecule has 1 aromatic heterocycles. The standard InChI is InChI=1S/C19H23N5/c1-23-8-10-24(11-9-23)13-14-4-2-3-5-16(14)19-17-7-6-15(20)12-18(17)21-22-19/h2-7,12H,8-11,13,20H2,1H3,(H,21,22). The van der Waals surface area contributed by atoms with E-state index in [2.05, 4.69) is 57.4 Å². The fourth-order valence-electron chi connectivity index (χ4n) is 3.38. The molecule has 1 aliphatic rings. The first kappa shape index (κ1) is 15.2. The average Bonchev–Trinajstić information content (AvgIpc) is 3.00. The Balaban J connectivity index is 1.68. The van der Waals surface area contributed by atoms with Gasteiger partial charge in [-0.2, -0.15) is 5.10 Å². The van der Waals surface area contributed by atoms with Crippen LogP contribution in [0.2, 0.25) is 0 Å². The van der Waals surface area contributed by atoms with E-state index in [1.165, 1.54) is 11.1 Å². The van der Waals surface area contributed by atoms with Gasteiger partial charge in [-0.15, -0.1) is 0 Å². The molecule has 3 N–H and O–H groups in total. The minimum absolute atomic E-state index is 0.753. The van der Waals surface area contributed by atoms with Crippen molar-refractivity contribution in [1.82, 2.24) is 20.0 Å². The second-order valence-electron chi connectivity index (χ2n) is 6.61. The van der Waals surface area contributed by atoms with Gasteiger partial charge in [-0.05, 0) is 30.8 Å². The van der Waals surface area contributed by atoms with E-state index in [-0.39, 0.29) is 0 Å². The Labute approximate surface area is 142 Å². The van der Waals surface area contributed by atoms with Gasteiger partial charge in [-0.3, -0.25) is 10.00 Å². The quantitative estimate of drug-likeness (QED) is 0.728. The Morgan fingerprint density at radius 2 is 1.88 bits per heavy atom. The molecule has 0 atom stereocenters. The van der Waals surface area contributed by atoms with Crippen molar-refractivity contribution in [2.24, 2.45) is 0 Å². The molecule has 0 saturated carbocycles. The Bertz CT molecular complexity index is 846. The molecule has 1 saturated heterocycles. The highest BCUT2D eigenvalue weighted by Gasteiger charge is 2.17. The number of H-pyrrole nitrogens is 1. The molecule has 24 heavy (non-hydrogen) atoms. The van der Waals surface area contributed by atoms with Crippen molar-refractivity contribution in [3.8, 4) is 11.3 Å². The van der Waals surface area contributed by atoms with E-state index >= 15 is 0 Å². The third kappa shape index (κ3) is 2.88. The third-order valence-corrected chi connectivity index (χ3v) is 4.85. The number of anilines is 1. The molecule has 0 spiro atoms. The number of hydrogen-bond acceptors (Lipinski definition) is 4. The number of nitrogens with one attached hydrogen (secondary N) is 1. The van der Waals surface area contributed by atoms with Crippen molar-refractivity contribution in [3.05, 3.63) is 48.0 Å². The summed E-state index contributed by atoms with van der Waals surface area (Å²) in [4.78, 5) is 4.90. The van der Waals surface area contributed by atoms with Crippen LogP contribution >= 0.6 is 0 Å². The van der Waals surface area contributed by atoms with Gasteiger partial charge >= 0.3 is 0 Å². The fraction of sp³-hybridized carbons (Fsp3) is 0.316. The molecule has 1 aliphatic heterocycles. The highest BCUT2D eigenvalue weighted by molar-refractivity contribution is 5.95. The van der Waals surface area contributed by atoms with Gasteiger partial charge in [0.2, 0.25) is 0 Å². The van der Waals surface area contributed by atoms with Crippen molar-refractivity contribution < 1.29 is 0 Å². The van der Waals surface area contributed by atoms with Crippen molar-refractivity contribution in [1.29, 1.82) is 0 Å². The van der Waals surface area contributed by atoms with Crippen LogP contribution in [0.5, 0.6) is 0 Å². The number of aromatic nitrogens is 2. The number of piperazine rings is 1. The van der Waals surface area contributed by atoms with E-state index in [1.807, 2.05) is 12.1 Å². The van der Waals surface area contributed by atoms with Gasteiger partial charge in [0.1, 0.15) is 5.69 Å². The molecule has 0 unspecified atom stereocenters. The number of likely N-dealkylation sites (N-methyl/N-ethyl adjacent to an activating group) is 1. The number of benzene rings is 2. The highest BCUT2D eigenvalue weighted by Crippen LogP contribution is 2.30. The van der Waals surface area contributed by atoms with E-state index in [9.17, 15) is 0 Å². The minimum Gasteiger partial charge on any atom is -0.399 e. The fourth-order valence-corrected chi connectivity index (χ4v) is 3.38. The van der Waals surface area contributed by atoms with Gasteiger partial charge in [0.05, 0.1) is 5.52 Å². The van der Waals surface area contributed by atoms with Gasteiger partial charge in [0.15, 0.2) is 0 Å². The van der Waals surface area contributed by atoms with Crippen LogP contribution in [0.4, 0.5) is 5.69 Å². The van der Waals surface area contributed by atoms with E-state index in [1.54, 1.807) is 0 Å². The molecule has 4 rings (SSSR count). The zero-order valence-electron chi connectivity index (χ0n) is 14.0. The monoisotopic (exact) mass is 321 g/mol. The summed E-state index contributed by atoms with van der Waals surface area (Å²) in [5, 5.41) is 8.80. The van der Waals surface area contributed by atoms with E-state index in [0.717, 1.165) is 55.0 Å². The molecule has 0 radical (unpaired) electrons. The van der Waals surface area contributed by atoms with Crippen LogP contribution in [0.25, 0.3) is 22.2 Å². The lowest BCUT2D eigenvalue weighted by atomic mass is 10.0. The molecular weight excluding hydrogens is 298 g/mol. The predicted molar refractivity (Wildman–Crippen MR) is 98.7 cm³/mol. The first-order valence-corrected chi connectivity index (χ1v) is 8.43. The van der Waals surface area contributed by atoms with E-state index in [4.69, 9.17) is 5.73 Å². The Morgan fingerprint density at radius 1 is 1.08 bits per heavy atom. The number of nitrogens with zero attached hydrogens (tertiary/aromatic N) is 3. The summed E-state index contributed by atoms with van der Waals surface area (Å²) in [5.74, 6) is 0. The lowest BCUT2D eigenvalue weighted by Crippen LogP contribution is -2.43. The van der Waals surface area contributed by atoms with E-state index < -0.39 is 0 Å². The van der Waals surface area contributed by atoms with Crippen LogP contribution in [0, 0.1) is 0 Å². The van der Waals surface area contributed by atoms with Crippen LogP contribution in [0.15, 0.2) is 42.5 Å². The maximum atomic E-state index is 5.88. The molecule has 3 aromatic rings. The summed E-state index contributed by atoms with van der Waals surface area (Å²) in [7, 11) is 2.19. The summed E-state index contributed by atoms with van der Waals surface area (Å²) in [6.45, 7) is 5.46. The molecular formula is C19H23N5. The van der Waals surface area contributed by atoms with Crippen LogP contribution in [0.3, 0.4) is 0 Å². The molecule has 5 nitrogen and oxygen atoms in total. The number of nitrogens with two attached hydrogens (primary N) is 1. The van der Waals surface area contributed by atoms with Gasteiger partial charge in [-0.25, -0.2) is 0 Å². The van der Waals surface area contributed by atoms with Gasteiger partial charge < -0.3 is 10.6 Å². The van der Waals surface area contributed by atoms with Crippen molar-refractivity contribution in [2.45, 2.75) is 6.54 Å². The van der Waals surface area contributed by atoms with Crippen molar-refractivity contribution >= 4 is 16.6 Å². The molecule has 5 heteroatoms. The first-order chi connectivity index (χ1) is 11.7. The lowest BCUT2D eigenvalue weighted by Gasteiger charge is -2.32. The second-order valence-corrected chi connectivity index (χ2v) is 6.61. The third-order valence-electron chi connectivity index (χ3n) is 4.85. The van der Waals surface area contributed by atoms with Gasteiger partial charge in [-0.1, -0.05) is 24.3 Å². The topological polar surface area (TPSA) is 61.2 Å². The zero-order valence-corrected chi connectivity index (χ0v) is 14.0. The smallest absolute Gasteiger partial charge is 0.100 e. The molecule has 0 aliphatic carbocycles. The summed E-state index contributed by atoms with van der Waals surface area (Å²) in [6, 6.07) is 14.5. The number of nitrogen functional groups attached to an aromatic ring is 1. The van der Waals surface area contributed by atoms with Gasteiger partial charge in [0.25, 0.3) is 0 Å². The summed E-state index contributed by atoms with van der Waals surface area (Å²) < 4.78 is 0. The Hall–Kier alpha value is -2.37. The Kier molecular flexibility index (Phi) is 3.96.